The second-order valence-electron chi connectivity index (χ2n) is 5.56. The number of hydrogen-bond donors (Lipinski definition) is 0. The molecular formula is C20H16N4O. The van der Waals surface area contributed by atoms with Crippen molar-refractivity contribution in [3.8, 4) is 11.5 Å². The number of imidazole rings is 1. The van der Waals surface area contributed by atoms with Gasteiger partial charge in [0.2, 0.25) is 0 Å². The van der Waals surface area contributed by atoms with Crippen LogP contribution in [0.1, 0.15) is 5.69 Å². The number of benzene rings is 2. The average Bonchev–Trinajstić information content (AvgIpc) is 2.97. The van der Waals surface area contributed by atoms with Crippen LogP contribution in [-0.4, -0.2) is 9.38 Å². The molecule has 4 rings (SSSR count). The molecule has 0 amide bonds. The Kier molecular flexibility index (Phi) is 3.96. The molecule has 0 saturated carbocycles. The predicted molar refractivity (Wildman–Crippen MR) is 97.1 cm³/mol. The van der Waals surface area contributed by atoms with Crippen molar-refractivity contribution in [1.82, 2.24) is 9.38 Å². The van der Waals surface area contributed by atoms with Crippen LogP contribution in [0.25, 0.3) is 5.65 Å². The summed E-state index contributed by atoms with van der Waals surface area (Å²) in [5.74, 6) is 2.30. The highest BCUT2D eigenvalue weighted by Gasteiger charge is 2.06. The summed E-state index contributed by atoms with van der Waals surface area (Å²) >= 11 is 0. The van der Waals surface area contributed by atoms with E-state index in [9.17, 15) is 0 Å². The third kappa shape index (κ3) is 3.26. The summed E-state index contributed by atoms with van der Waals surface area (Å²) in [7, 11) is 0. The van der Waals surface area contributed by atoms with E-state index in [1.54, 1.807) is 0 Å². The van der Waals surface area contributed by atoms with Gasteiger partial charge in [-0.2, -0.15) is 0 Å². The topological polar surface area (TPSA) is 51.2 Å². The molecule has 0 aliphatic rings. The van der Waals surface area contributed by atoms with Gasteiger partial charge in [-0.3, -0.25) is 4.40 Å². The highest BCUT2D eigenvalue weighted by Crippen LogP contribution is 2.26. The maximum absolute atomic E-state index is 5.77. The van der Waals surface area contributed by atoms with Crippen LogP contribution in [0.2, 0.25) is 0 Å². The number of pyridine rings is 1. The fourth-order valence-electron chi connectivity index (χ4n) is 2.53. The molecule has 0 atom stereocenters. The minimum atomic E-state index is 0.736. The molecule has 0 aliphatic heterocycles. The van der Waals surface area contributed by atoms with E-state index in [-0.39, 0.29) is 0 Å². The van der Waals surface area contributed by atoms with Crippen molar-refractivity contribution in [1.29, 1.82) is 0 Å². The van der Waals surface area contributed by atoms with Crippen molar-refractivity contribution in [3.63, 3.8) is 0 Å². The zero-order valence-corrected chi connectivity index (χ0v) is 13.7. The molecule has 0 aliphatic carbocycles. The van der Waals surface area contributed by atoms with Crippen molar-refractivity contribution < 1.29 is 4.74 Å². The predicted octanol–water partition coefficient (Wildman–Crippen LogP) is 5.85. The molecule has 2 aromatic carbocycles. The molecule has 0 spiro atoms. The second kappa shape index (κ2) is 6.57. The first-order valence-electron chi connectivity index (χ1n) is 7.98. The van der Waals surface area contributed by atoms with Gasteiger partial charge < -0.3 is 4.74 Å². The lowest BCUT2D eigenvalue weighted by Crippen LogP contribution is -1.82. The monoisotopic (exact) mass is 328 g/mol. The summed E-state index contributed by atoms with van der Waals surface area (Å²) in [5.41, 5.74) is 2.46. The summed E-state index contributed by atoms with van der Waals surface area (Å²) in [6.07, 6.45) is 1.93. The van der Waals surface area contributed by atoms with Gasteiger partial charge >= 0.3 is 0 Å². The van der Waals surface area contributed by atoms with E-state index in [2.05, 4.69) is 15.2 Å². The Labute approximate surface area is 145 Å². The third-order valence-corrected chi connectivity index (χ3v) is 3.75. The number of ether oxygens (including phenoxy) is 1. The van der Waals surface area contributed by atoms with Gasteiger partial charge in [-0.25, -0.2) is 4.98 Å². The number of fused-ring (bicyclic) bond motifs is 1. The van der Waals surface area contributed by atoms with Crippen LogP contribution in [0, 0.1) is 6.92 Å². The minimum Gasteiger partial charge on any atom is -0.457 e. The van der Waals surface area contributed by atoms with Crippen molar-refractivity contribution in [2.75, 3.05) is 0 Å². The lowest BCUT2D eigenvalue weighted by molar-refractivity contribution is 0.483. The van der Waals surface area contributed by atoms with Crippen molar-refractivity contribution in [2.45, 2.75) is 6.92 Å². The summed E-state index contributed by atoms with van der Waals surface area (Å²) < 4.78 is 7.70. The lowest BCUT2D eigenvalue weighted by Gasteiger charge is -2.04. The standard InChI is InChI=1S/C20H16N4O/c1-15-20(24-14-6-5-9-19(24)21-15)23-22-16-10-12-18(13-11-16)25-17-7-3-2-4-8-17/h2-14H,1H3. The SMILES string of the molecule is Cc1nc2ccccn2c1N=Nc1ccc(Oc2ccccc2)cc1. The van der Waals surface area contributed by atoms with Gasteiger partial charge in [0.05, 0.1) is 11.4 Å². The van der Waals surface area contributed by atoms with Crippen LogP contribution >= 0.6 is 0 Å². The number of hydrogen-bond acceptors (Lipinski definition) is 4. The van der Waals surface area contributed by atoms with Gasteiger partial charge in [0.1, 0.15) is 17.1 Å². The molecule has 122 valence electrons. The number of aryl methyl sites for hydroxylation is 1. The van der Waals surface area contributed by atoms with Crippen LogP contribution in [0.15, 0.2) is 89.2 Å². The normalized spacial score (nSPS) is 11.2. The Morgan fingerprint density at radius 2 is 1.52 bits per heavy atom. The number of azo groups is 1. The van der Waals surface area contributed by atoms with Gasteiger partial charge in [-0.15, -0.1) is 10.2 Å². The minimum absolute atomic E-state index is 0.736. The van der Waals surface area contributed by atoms with Crippen molar-refractivity contribution in [2.24, 2.45) is 10.2 Å². The molecule has 5 heteroatoms. The van der Waals surface area contributed by atoms with Crippen LogP contribution < -0.4 is 4.74 Å². The number of aromatic nitrogens is 2. The molecular weight excluding hydrogens is 312 g/mol. The fourth-order valence-corrected chi connectivity index (χ4v) is 2.53. The van der Waals surface area contributed by atoms with Crippen LogP contribution in [0.5, 0.6) is 11.5 Å². The molecule has 5 nitrogen and oxygen atoms in total. The van der Waals surface area contributed by atoms with E-state index in [1.165, 1.54) is 0 Å². The van der Waals surface area contributed by atoms with Crippen LogP contribution in [-0.2, 0) is 0 Å². The third-order valence-electron chi connectivity index (χ3n) is 3.75. The first kappa shape index (κ1) is 15.1. The number of nitrogens with zero attached hydrogens (tertiary/aromatic N) is 4. The van der Waals surface area contributed by atoms with Crippen LogP contribution in [0.3, 0.4) is 0 Å². The highest BCUT2D eigenvalue weighted by atomic mass is 16.5. The summed E-state index contributed by atoms with van der Waals surface area (Å²) in [6, 6.07) is 23.0. The van der Waals surface area contributed by atoms with Crippen molar-refractivity contribution >= 4 is 17.2 Å². The maximum atomic E-state index is 5.77. The van der Waals surface area contributed by atoms with Gasteiger partial charge in [-0.05, 0) is 55.5 Å². The zero-order valence-electron chi connectivity index (χ0n) is 13.7. The molecule has 0 saturated heterocycles. The molecule has 2 aromatic heterocycles. The molecule has 4 aromatic rings. The van der Waals surface area contributed by atoms with Gasteiger partial charge in [-0.1, -0.05) is 24.3 Å². The average molecular weight is 328 g/mol. The van der Waals surface area contributed by atoms with E-state index in [1.807, 2.05) is 90.3 Å². The Bertz CT molecular complexity index is 1020. The largest absolute Gasteiger partial charge is 0.457 e. The Morgan fingerprint density at radius 3 is 2.32 bits per heavy atom. The number of rotatable bonds is 4. The fraction of sp³-hybridized carbons (Fsp3) is 0.0500. The Hall–Kier alpha value is -3.47. The van der Waals surface area contributed by atoms with Gasteiger partial charge in [0.15, 0.2) is 5.82 Å². The molecule has 25 heavy (non-hydrogen) atoms. The first-order valence-corrected chi connectivity index (χ1v) is 7.98. The van der Waals surface area contributed by atoms with E-state index in [4.69, 9.17) is 4.74 Å². The first-order chi connectivity index (χ1) is 12.3. The molecule has 0 N–H and O–H groups in total. The van der Waals surface area contributed by atoms with E-state index in [0.29, 0.717) is 0 Å². The molecule has 0 fully saturated rings. The molecule has 0 bridgehead atoms. The van der Waals surface area contributed by atoms with Gasteiger partial charge in [0.25, 0.3) is 0 Å². The molecule has 0 radical (unpaired) electrons. The quantitative estimate of drug-likeness (QED) is 0.441. The number of para-hydroxylation sites is 1. The lowest BCUT2D eigenvalue weighted by atomic mass is 10.3. The Balaban J connectivity index is 1.54. The van der Waals surface area contributed by atoms with E-state index in [0.717, 1.165) is 34.3 Å². The molecule has 2 heterocycles. The smallest absolute Gasteiger partial charge is 0.182 e. The highest BCUT2D eigenvalue weighted by molar-refractivity contribution is 5.52. The van der Waals surface area contributed by atoms with Gasteiger partial charge in [0, 0.05) is 6.20 Å². The zero-order chi connectivity index (χ0) is 17.1. The summed E-state index contributed by atoms with van der Waals surface area (Å²) in [6.45, 7) is 1.93. The van der Waals surface area contributed by atoms with E-state index < -0.39 is 0 Å². The van der Waals surface area contributed by atoms with Crippen molar-refractivity contribution in [3.05, 3.63) is 84.7 Å². The molecule has 0 unspecified atom stereocenters. The maximum Gasteiger partial charge on any atom is 0.182 e. The Morgan fingerprint density at radius 1 is 0.800 bits per heavy atom. The van der Waals surface area contributed by atoms with E-state index >= 15 is 0 Å². The second-order valence-corrected chi connectivity index (χ2v) is 5.56. The summed E-state index contributed by atoms with van der Waals surface area (Å²) in [4.78, 5) is 4.48. The summed E-state index contributed by atoms with van der Waals surface area (Å²) in [5, 5.41) is 8.68. The van der Waals surface area contributed by atoms with Crippen LogP contribution in [0.4, 0.5) is 11.5 Å².